The molecule has 0 aliphatic heterocycles. The molecule has 0 N–H and O–H groups in total. The number of alkyl halides is 3. The number of allylic oxidation sites excluding steroid dienone is 1. The Hall–Kier alpha value is -2.76. The van der Waals surface area contributed by atoms with Crippen LogP contribution in [0.5, 0.6) is 11.5 Å². The second-order valence-electron chi connectivity index (χ2n) is 9.44. The summed E-state index contributed by atoms with van der Waals surface area (Å²) in [4.78, 5) is 12.5. The molecule has 1 atom stereocenters. The standard InChI is InChI=1S/C29H35F3O3/c1-3-5-6-8-21-9-11-22(12-10-21)27(7-4-2)23-13-15-24(16-14-23)28(33)34-25-17-19-26(20-18-25)35-29(30,31)32/h4,13-22,27H,2-3,5-12H2,1H3/t21-,22-,27?. The van der Waals surface area contributed by atoms with Crippen LogP contribution in [0.4, 0.5) is 13.2 Å². The number of unbranched alkanes of at least 4 members (excludes halogenated alkanes) is 2. The minimum atomic E-state index is -4.77. The molecular formula is C29H35F3O3. The summed E-state index contributed by atoms with van der Waals surface area (Å²) >= 11 is 0. The van der Waals surface area contributed by atoms with Crippen molar-refractivity contribution in [2.45, 2.75) is 77.0 Å². The van der Waals surface area contributed by atoms with E-state index in [0.717, 1.165) is 24.5 Å². The molecule has 0 amide bonds. The van der Waals surface area contributed by atoms with E-state index in [-0.39, 0.29) is 11.5 Å². The molecule has 0 radical (unpaired) electrons. The first-order chi connectivity index (χ1) is 16.8. The van der Waals surface area contributed by atoms with Crippen molar-refractivity contribution in [1.82, 2.24) is 0 Å². The number of carbonyl (C=O) groups is 1. The summed E-state index contributed by atoms with van der Waals surface area (Å²) in [6.07, 6.45) is 8.44. The lowest BCUT2D eigenvalue weighted by Gasteiger charge is -2.34. The van der Waals surface area contributed by atoms with Crippen molar-refractivity contribution in [3.8, 4) is 11.5 Å². The van der Waals surface area contributed by atoms with Crippen LogP contribution < -0.4 is 9.47 Å². The number of hydrogen-bond acceptors (Lipinski definition) is 3. The van der Waals surface area contributed by atoms with Crippen molar-refractivity contribution in [1.29, 1.82) is 0 Å². The molecule has 190 valence electrons. The first kappa shape index (κ1) is 26.8. The molecule has 3 nitrogen and oxygen atoms in total. The number of ether oxygens (including phenoxy) is 2. The van der Waals surface area contributed by atoms with Gasteiger partial charge in [-0.2, -0.15) is 0 Å². The number of esters is 1. The third kappa shape index (κ3) is 8.44. The lowest BCUT2D eigenvalue weighted by molar-refractivity contribution is -0.274. The number of halogens is 3. The van der Waals surface area contributed by atoms with E-state index in [9.17, 15) is 18.0 Å². The summed E-state index contributed by atoms with van der Waals surface area (Å²) in [6, 6.07) is 12.2. The summed E-state index contributed by atoms with van der Waals surface area (Å²) in [5, 5.41) is 0. The molecule has 0 saturated heterocycles. The van der Waals surface area contributed by atoms with Crippen molar-refractivity contribution in [3.05, 3.63) is 72.3 Å². The summed E-state index contributed by atoms with van der Waals surface area (Å²) in [5.74, 6) is 1.07. The van der Waals surface area contributed by atoms with Crippen molar-refractivity contribution in [3.63, 3.8) is 0 Å². The van der Waals surface area contributed by atoms with Gasteiger partial charge in [0.1, 0.15) is 11.5 Å². The van der Waals surface area contributed by atoms with Crippen LogP contribution in [0.3, 0.4) is 0 Å². The Bertz CT molecular complexity index is 927. The first-order valence-corrected chi connectivity index (χ1v) is 12.6. The second-order valence-corrected chi connectivity index (χ2v) is 9.44. The Morgan fingerprint density at radius 3 is 2.20 bits per heavy atom. The van der Waals surface area contributed by atoms with Crippen LogP contribution in [-0.4, -0.2) is 12.3 Å². The quantitative estimate of drug-likeness (QED) is 0.137. The lowest BCUT2D eigenvalue weighted by Crippen LogP contribution is -2.21. The fourth-order valence-corrected chi connectivity index (χ4v) is 5.08. The SMILES string of the molecule is C=CCC(c1ccc(C(=O)Oc2ccc(OC(F)(F)F)cc2)cc1)[C@H]1CC[C@H](CCCCC)CC1. The Kier molecular flexibility index (Phi) is 9.82. The number of carbonyl (C=O) groups excluding carboxylic acids is 1. The van der Waals surface area contributed by atoms with Gasteiger partial charge in [-0.15, -0.1) is 19.8 Å². The Morgan fingerprint density at radius 2 is 1.63 bits per heavy atom. The van der Waals surface area contributed by atoms with Crippen molar-refractivity contribution < 1.29 is 27.4 Å². The maximum Gasteiger partial charge on any atom is 0.573 e. The molecule has 0 aromatic heterocycles. The van der Waals surface area contributed by atoms with Crippen LogP contribution in [0.25, 0.3) is 0 Å². The van der Waals surface area contributed by atoms with Crippen LogP contribution in [0.2, 0.25) is 0 Å². The molecule has 2 aromatic carbocycles. The van der Waals surface area contributed by atoms with Gasteiger partial charge in [0.05, 0.1) is 5.56 Å². The van der Waals surface area contributed by atoms with Crippen LogP contribution in [0, 0.1) is 11.8 Å². The van der Waals surface area contributed by atoms with Gasteiger partial charge in [0.25, 0.3) is 0 Å². The number of hydrogen-bond donors (Lipinski definition) is 0. The third-order valence-corrected chi connectivity index (χ3v) is 6.94. The van der Waals surface area contributed by atoms with Gasteiger partial charge in [0.2, 0.25) is 0 Å². The van der Waals surface area contributed by atoms with Gasteiger partial charge in [-0.1, -0.05) is 63.7 Å². The predicted octanol–water partition coefficient (Wildman–Crippen LogP) is 8.85. The molecule has 2 aromatic rings. The molecule has 3 rings (SSSR count). The van der Waals surface area contributed by atoms with E-state index >= 15 is 0 Å². The van der Waals surface area contributed by atoms with Crippen molar-refractivity contribution in [2.75, 3.05) is 0 Å². The van der Waals surface area contributed by atoms with Crippen LogP contribution >= 0.6 is 0 Å². The van der Waals surface area contributed by atoms with Gasteiger partial charge in [-0.25, -0.2) is 4.79 Å². The lowest BCUT2D eigenvalue weighted by atomic mass is 9.71. The van der Waals surface area contributed by atoms with Crippen LogP contribution in [-0.2, 0) is 0 Å². The zero-order chi connectivity index (χ0) is 25.3. The highest BCUT2D eigenvalue weighted by Gasteiger charge is 2.31. The second kappa shape index (κ2) is 12.8. The average Bonchev–Trinajstić information content (AvgIpc) is 2.84. The highest BCUT2D eigenvalue weighted by Crippen LogP contribution is 2.41. The van der Waals surface area contributed by atoms with Crippen LogP contribution in [0.1, 0.15) is 86.6 Å². The van der Waals surface area contributed by atoms with E-state index in [1.165, 1.54) is 69.1 Å². The average molecular weight is 489 g/mol. The monoisotopic (exact) mass is 488 g/mol. The predicted molar refractivity (Wildman–Crippen MR) is 132 cm³/mol. The zero-order valence-corrected chi connectivity index (χ0v) is 20.4. The molecule has 1 aliphatic carbocycles. The topological polar surface area (TPSA) is 35.5 Å². The summed E-state index contributed by atoms with van der Waals surface area (Å²) < 4.78 is 46.0. The van der Waals surface area contributed by atoms with Gasteiger partial charge in [0, 0.05) is 0 Å². The number of rotatable bonds is 11. The van der Waals surface area contributed by atoms with Gasteiger partial charge < -0.3 is 9.47 Å². The van der Waals surface area contributed by atoms with E-state index in [2.05, 4.69) is 18.2 Å². The highest BCUT2D eigenvalue weighted by atomic mass is 19.4. The summed E-state index contributed by atoms with van der Waals surface area (Å²) in [6.45, 7) is 6.20. The molecule has 1 saturated carbocycles. The summed E-state index contributed by atoms with van der Waals surface area (Å²) in [7, 11) is 0. The Labute approximate surface area is 206 Å². The van der Waals surface area contributed by atoms with Gasteiger partial charge in [-0.3, -0.25) is 0 Å². The van der Waals surface area contributed by atoms with E-state index in [4.69, 9.17) is 4.74 Å². The smallest absolute Gasteiger partial charge is 0.423 e. The van der Waals surface area contributed by atoms with E-state index in [1.807, 2.05) is 18.2 Å². The molecule has 35 heavy (non-hydrogen) atoms. The fourth-order valence-electron chi connectivity index (χ4n) is 5.08. The molecule has 1 fully saturated rings. The van der Waals surface area contributed by atoms with Gasteiger partial charge >= 0.3 is 12.3 Å². The van der Waals surface area contributed by atoms with E-state index in [0.29, 0.717) is 17.4 Å². The van der Waals surface area contributed by atoms with E-state index in [1.54, 1.807) is 12.1 Å². The molecule has 0 bridgehead atoms. The third-order valence-electron chi connectivity index (χ3n) is 6.94. The van der Waals surface area contributed by atoms with Crippen molar-refractivity contribution >= 4 is 5.97 Å². The highest BCUT2D eigenvalue weighted by molar-refractivity contribution is 5.91. The molecule has 6 heteroatoms. The largest absolute Gasteiger partial charge is 0.573 e. The molecular weight excluding hydrogens is 453 g/mol. The normalized spacial score (nSPS) is 19.1. The summed E-state index contributed by atoms with van der Waals surface area (Å²) in [5.41, 5.74) is 1.59. The van der Waals surface area contributed by atoms with Gasteiger partial charge in [-0.05, 0) is 79.0 Å². The maximum atomic E-state index is 12.5. The van der Waals surface area contributed by atoms with Crippen LogP contribution in [0.15, 0.2) is 61.2 Å². The number of benzene rings is 2. The minimum Gasteiger partial charge on any atom is -0.423 e. The molecule has 0 heterocycles. The molecule has 1 unspecified atom stereocenters. The molecule has 0 spiro atoms. The Balaban J connectivity index is 1.58. The van der Waals surface area contributed by atoms with Crippen molar-refractivity contribution in [2.24, 2.45) is 11.8 Å². The first-order valence-electron chi connectivity index (χ1n) is 12.6. The zero-order valence-electron chi connectivity index (χ0n) is 20.4. The van der Waals surface area contributed by atoms with Gasteiger partial charge in [0.15, 0.2) is 0 Å². The minimum absolute atomic E-state index is 0.147. The molecule has 1 aliphatic rings. The Morgan fingerprint density at radius 1 is 1.00 bits per heavy atom. The maximum absolute atomic E-state index is 12.5. The fraction of sp³-hybridized carbons (Fsp3) is 0.483. The van der Waals surface area contributed by atoms with E-state index < -0.39 is 12.3 Å².